The van der Waals surface area contributed by atoms with Gasteiger partial charge in [0.1, 0.15) is 0 Å². The van der Waals surface area contributed by atoms with E-state index in [4.69, 9.17) is 0 Å². The lowest BCUT2D eigenvalue weighted by Gasteiger charge is -2.23. The summed E-state index contributed by atoms with van der Waals surface area (Å²) in [5.74, 6) is 0. The van der Waals surface area contributed by atoms with Crippen LogP contribution in [0.3, 0.4) is 0 Å². The van der Waals surface area contributed by atoms with Crippen LogP contribution in [0.1, 0.15) is 19.8 Å². The minimum absolute atomic E-state index is 0.0722. The van der Waals surface area contributed by atoms with E-state index in [9.17, 15) is 4.79 Å². The topological polar surface area (TPSA) is 53.2 Å². The number of rotatable bonds is 4. The maximum Gasteiger partial charge on any atom is 0.315 e. The van der Waals surface area contributed by atoms with Crippen molar-refractivity contribution in [3.8, 4) is 0 Å². The van der Waals surface area contributed by atoms with Crippen LogP contribution in [0.5, 0.6) is 0 Å². The molecule has 0 aliphatic carbocycles. The highest BCUT2D eigenvalue weighted by molar-refractivity contribution is 5.74. The summed E-state index contributed by atoms with van der Waals surface area (Å²) in [4.78, 5) is 11.4. The van der Waals surface area contributed by atoms with Crippen LogP contribution < -0.4 is 16.0 Å². The van der Waals surface area contributed by atoms with E-state index in [0.717, 1.165) is 25.9 Å². The number of urea groups is 1. The highest BCUT2D eigenvalue weighted by atomic mass is 16.2. The van der Waals surface area contributed by atoms with Gasteiger partial charge in [0.2, 0.25) is 0 Å². The second-order valence-corrected chi connectivity index (χ2v) is 3.83. The van der Waals surface area contributed by atoms with E-state index in [1.165, 1.54) is 0 Å². The Bertz CT molecular complexity index is 255. The predicted octanol–water partition coefficient (Wildman–Crippen LogP) is 1.17. The Kier molecular flexibility index (Phi) is 6.33. The Hall–Kier alpha value is -1.29. The van der Waals surface area contributed by atoms with Gasteiger partial charge < -0.3 is 16.0 Å². The Morgan fingerprint density at radius 1 is 1.38 bits per heavy atom. The first kappa shape index (κ1) is 12.8. The van der Waals surface area contributed by atoms with Crippen LogP contribution in [0.4, 0.5) is 4.79 Å². The molecule has 16 heavy (non-hydrogen) atoms. The largest absolute Gasteiger partial charge is 0.335 e. The van der Waals surface area contributed by atoms with Crippen molar-refractivity contribution in [2.24, 2.45) is 0 Å². The van der Waals surface area contributed by atoms with Gasteiger partial charge in [-0.2, -0.15) is 0 Å². The van der Waals surface area contributed by atoms with Crippen molar-refractivity contribution in [2.75, 3.05) is 19.6 Å². The van der Waals surface area contributed by atoms with Gasteiger partial charge in [0.15, 0.2) is 0 Å². The molecule has 1 heterocycles. The lowest BCUT2D eigenvalue weighted by molar-refractivity contribution is 0.234. The predicted molar refractivity (Wildman–Crippen MR) is 66.4 cm³/mol. The first-order chi connectivity index (χ1) is 7.83. The van der Waals surface area contributed by atoms with Crippen LogP contribution in [0, 0.1) is 0 Å². The first-order valence-electron chi connectivity index (χ1n) is 5.86. The maximum absolute atomic E-state index is 11.4. The zero-order chi connectivity index (χ0) is 11.6. The SMILES string of the molecule is C/C=C\C=C/CNC(=O)NC1CCNCC1. The summed E-state index contributed by atoms with van der Waals surface area (Å²) in [7, 11) is 0. The smallest absolute Gasteiger partial charge is 0.315 e. The molecule has 0 aromatic carbocycles. The van der Waals surface area contributed by atoms with Crippen LogP contribution in [-0.4, -0.2) is 31.7 Å². The average molecular weight is 223 g/mol. The fraction of sp³-hybridized carbons (Fsp3) is 0.583. The molecule has 0 aromatic rings. The van der Waals surface area contributed by atoms with Crippen LogP contribution >= 0.6 is 0 Å². The van der Waals surface area contributed by atoms with Crippen molar-refractivity contribution in [2.45, 2.75) is 25.8 Å². The molecule has 0 spiro atoms. The molecule has 2 amide bonds. The number of piperidine rings is 1. The van der Waals surface area contributed by atoms with Crippen LogP contribution in [0.25, 0.3) is 0 Å². The molecule has 1 rings (SSSR count). The van der Waals surface area contributed by atoms with E-state index < -0.39 is 0 Å². The third kappa shape index (κ3) is 5.56. The van der Waals surface area contributed by atoms with Gasteiger partial charge in [0.25, 0.3) is 0 Å². The molecular weight excluding hydrogens is 202 g/mol. The highest BCUT2D eigenvalue weighted by Gasteiger charge is 2.14. The number of carbonyl (C=O) groups is 1. The van der Waals surface area contributed by atoms with Crippen molar-refractivity contribution < 1.29 is 4.79 Å². The normalized spacial score (nSPS) is 18.1. The molecule has 0 atom stereocenters. The van der Waals surface area contributed by atoms with E-state index >= 15 is 0 Å². The van der Waals surface area contributed by atoms with E-state index in [1.807, 2.05) is 31.2 Å². The molecule has 0 radical (unpaired) electrons. The van der Waals surface area contributed by atoms with Gasteiger partial charge in [-0.3, -0.25) is 0 Å². The average Bonchev–Trinajstić information content (AvgIpc) is 2.30. The summed E-state index contributed by atoms with van der Waals surface area (Å²) >= 11 is 0. The Morgan fingerprint density at radius 3 is 2.81 bits per heavy atom. The summed E-state index contributed by atoms with van der Waals surface area (Å²) in [5.41, 5.74) is 0. The van der Waals surface area contributed by atoms with Gasteiger partial charge in [0.05, 0.1) is 0 Å². The number of amides is 2. The lowest BCUT2D eigenvalue weighted by atomic mass is 10.1. The molecule has 1 saturated heterocycles. The first-order valence-corrected chi connectivity index (χ1v) is 5.86. The van der Waals surface area contributed by atoms with E-state index in [0.29, 0.717) is 12.6 Å². The monoisotopic (exact) mass is 223 g/mol. The number of carbonyl (C=O) groups excluding carboxylic acids is 1. The number of allylic oxidation sites excluding steroid dienone is 3. The van der Waals surface area contributed by atoms with E-state index in [2.05, 4.69) is 16.0 Å². The van der Waals surface area contributed by atoms with Crippen molar-refractivity contribution in [1.29, 1.82) is 0 Å². The second-order valence-electron chi connectivity index (χ2n) is 3.83. The van der Waals surface area contributed by atoms with Crippen molar-refractivity contribution in [3.05, 3.63) is 24.3 Å². The summed E-state index contributed by atoms with van der Waals surface area (Å²) in [6.07, 6.45) is 9.76. The van der Waals surface area contributed by atoms with Crippen LogP contribution in [0.2, 0.25) is 0 Å². The Labute approximate surface area is 97.2 Å². The molecule has 0 aromatic heterocycles. The number of hydrogen-bond donors (Lipinski definition) is 3. The molecular formula is C12H21N3O. The Morgan fingerprint density at radius 2 is 2.12 bits per heavy atom. The van der Waals surface area contributed by atoms with Gasteiger partial charge in [-0.05, 0) is 32.9 Å². The summed E-state index contributed by atoms with van der Waals surface area (Å²) in [6, 6.07) is 0.248. The third-order valence-electron chi connectivity index (χ3n) is 2.49. The quantitative estimate of drug-likeness (QED) is 0.627. The molecule has 0 unspecified atom stereocenters. The molecule has 1 aliphatic heterocycles. The molecule has 4 nitrogen and oxygen atoms in total. The minimum Gasteiger partial charge on any atom is -0.335 e. The number of hydrogen-bond acceptors (Lipinski definition) is 2. The van der Waals surface area contributed by atoms with E-state index in [-0.39, 0.29) is 6.03 Å². The minimum atomic E-state index is -0.0722. The van der Waals surface area contributed by atoms with Gasteiger partial charge in [-0.25, -0.2) is 4.79 Å². The van der Waals surface area contributed by atoms with Crippen LogP contribution in [-0.2, 0) is 0 Å². The fourth-order valence-corrected chi connectivity index (χ4v) is 1.61. The summed E-state index contributed by atoms with van der Waals surface area (Å²) in [5, 5.41) is 9.03. The van der Waals surface area contributed by atoms with Crippen molar-refractivity contribution in [3.63, 3.8) is 0 Å². The molecule has 90 valence electrons. The van der Waals surface area contributed by atoms with Gasteiger partial charge in [-0.15, -0.1) is 0 Å². The van der Waals surface area contributed by atoms with Gasteiger partial charge in [0, 0.05) is 12.6 Å². The third-order valence-corrected chi connectivity index (χ3v) is 2.49. The summed E-state index contributed by atoms with van der Waals surface area (Å²) in [6.45, 7) is 4.51. The highest BCUT2D eigenvalue weighted by Crippen LogP contribution is 2.00. The zero-order valence-electron chi connectivity index (χ0n) is 9.83. The van der Waals surface area contributed by atoms with Gasteiger partial charge in [-0.1, -0.05) is 24.3 Å². The molecule has 1 aliphatic rings. The standard InChI is InChI=1S/C12H21N3O/c1-2-3-4-5-8-14-12(16)15-11-6-9-13-10-7-11/h2-5,11,13H,6-10H2,1H3,(H2,14,15,16)/b3-2-,5-4-. The van der Waals surface area contributed by atoms with Crippen molar-refractivity contribution in [1.82, 2.24) is 16.0 Å². The molecule has 3 N–H and O–H groups in total. The lowest BCUT2D eigenvalue weighted by Crippen LogP contribution is -2.46. The van der Waals surface area contributed by atoms with Gasteiger partial charge >= 0.3 is 6.03 Å². The molecule has 1 fully saturated rings. The molecule has 0 bridgehead atoms. The number of nitrogens with one attached hydrogen (secondary N) is 3. The maximum atomic E-state index is 11.4. The summed E-state index contributed by atoms with van der Waals surface area (Å²) < 4.78 is 0. The second kappa shape index (κ2) is 7.93. The van der Waals surface area contributed by atoms with E-state index in [1.54, 1.807) is 0 Å². The fourth-order valence-electron chi connectivity index (χ4n) is 1.61. The Balaban J connectivity index is 2.10. The van der Waals surface area contributed by atoms with Crippen molar-refractivity contribution >= 4 is 6.03 Å². The zero-order valence-corrected chi connectivity index (χ0v) is 9.83. The molecule has 0 saturated carbocycles. The van der Waals surface area contributed by atoms with Crippen LogP contribution in [0.15, 0.2) is 24.3 Å². The molecule has 4 heteroatoms.